The van der Waals surface area contributed by atoms with E-state index in [9.17, 15) is 18.0 Å². The summed E-state index contributed by atoms with van der Waals surface area (Å²) in [7, 11) is -3.81. The minimum absolute atomic E-state index is 0.0639. The van der Waals surface area contributed by atoms with Gasteiger partial charge in [0.25, 0.3) is 10.0 Å². The van der Waals surface area contributed by atoms with Crippen LogP contribution in [-0.2, 0) is 19.6 Å². The zero-order chi connectivity index (χ0) is 19.3. The third kappa shape index (κ3) is 4.82. The quantitative estimate of drug-likeness (QED) is 0.721. The molecule has 2 aromatic rings. The van der Waals surface area contributed by atoms with E-state index < -0.39 is 10.0 Å². The van der Waals surface area contributed by atoms with Crippen molar-refractivity contribution in [2.75, 3.05) is 15.4 Å². The fraction of sp³-hybridized carbons (Fsp3) is 0.222. The molecule has 0 radical (unpaired) electrons. The Morgan fingerprint density at radius 1 is 0.962 bits per heavy atom. The van der Waals surface area contributed by atoms with Crippen molar-refractivity contribution in [2.24, 2.45) is 0 Å². The molecule has 0 aliphatic rings. The van der Waals surface area contributed by atoms with Crippen molar-refractivity contribution in [2.45, 2.75) is 32.1 Å². The summed E-state index contributed by atoms with van der Waals surface area (Å²) in [5.41, 5.74) is 2.06. The van der Waals surface area contributed by atoms with E-state index >= 15 is 0 Å². The number of anilines is 3. The van der Waals surface area contributed by atoms with Gasteiger partial charge in [-0.15, -0.1) is 0 Å². The van der Waals surface area contributed by atoms with Crippen molar-refractivity contribution in [1.29, 1.82) is 0 Å². The monoisotopic (exact) mass is 375 g/mol. The Kier molecular flexibility index (Phi) is 5.99. The Balaban J connectivity index is 2.25. The normalized spacial score (nSPS) is 10.9. The van der Waals surface area contributed by atoms with E-state index in [1.165, 1.54) is 31.2 Å². The highest BCUT2D eigenvalue weighted by atomic mass is 32.2. The van der Waals surface area contributed by atoms with Crippen molar-refractivity contribution in [3.63, 3.8) is 0 Å². The molecule has 2 aromatic carbocycles. The first-order chi connectivity index (χ1) is 12.2. The highest BCUT2D eigenvalue weighted by Crippen LogP contribution is 2.26. The van der Waals surface area contributed by atoms with Crippen LogP contribution in [-0.4, -0.2) is 20.2 Å². The van der Waals surface area contributed by atoms with Gasteiger partial charge in [-0.25, -0.2) is 8.42 Å². The first-order valence-corrected chi connectivity index (χ1v) is 9.51. The number of rotatable bonds is 6. The number of carbonyl (C=O) groups excluding carboxylic acids is 2. The predicted molar refractivity (Wildman–Crippen MR) is 102 cm³/mol. The number of sulfonamides is 1. The van der Waals surface area contributed by atoms with Gasteiger partial charge in [0.1, 0.15) is 0 Å². The van der Waals surface area contributed by atoms with Gasteiger partial charge >= 0.3 is 0 Å². The lowest BCUT2D eigenvalue weighted by molar-refractivity contribution is -0.116. The van der Waals surface area contributed by atoms with E-state index in [-0.39, 0.29) is 16.7 Å². The molecule has 2 rings (SSSR count). The van der Waals surface area contributed by atoms with Crippen molar-refractivity contribution in [1.82, 2.24) is 0 Å². The van der Waals surface area contributed by atoms with Crippen LogP contribution < -0.4 is 15.4 Å². The zero-order valence-corrected chi connectivity index (χ0v) is 15.6. The zero-order valence-electron chi connectivity index (χ0n) is 14.8. The Labute approximate surface area is 152 Å². The van der Waals surface area contributed by atoms with Crippen LogP contribution in [0.2, 0.25) is 0 Å². The van der Waals surface area contributed by atoms with Gasteiger partial charge in [-0.3, -0.25) is 14.3 Å². The van der Waals surface area contributed by atoms with Crippen molar-refractivity contribution in [3.05, 3.63) is 48.0 Å². The molecule has 8 heteroatoms. The summed E-state index contributed by atoms with van der Waals surface area (Å²) in [5, 5.41) is 5.32. The summed E-state index contributed by atoms with van der Waals surface area (Å²) in [6.07, 6.45) is 0.329. The SMILES string of the molecule is CCC(=O)Nc1cccc(NS(=O)(=O)c2ccc(NC(C)=O)cc2)c1C. The minimum Gasteiger partial charge on any atom is -0.326 e. The summed E-state index contributed by atoms with van der Waals surface area (Å²) in [5.74, 6) is -0.387. The van der Waals surface area contributed by atoms with Crippen LogP contribution in [0.1, 0.15) is 25.8 Å². The molecule has 2 amide bonds. The molecule has 0 aliphatic heterocycles. The van der Waals surface area contributed by atoms with E-state index in [0.717, 1.165) is 0 Å². The molecule has 0 atom stereocenters. The molecular formula is C18H21N3O4S. The average molecular weight is 375 g/mol. The summed E-state index contributed by atoms with van der Waals surface area (Å²) >= 11 is 0. The Morgan fingerprint density at radius 2 is 1.58 bits per heavy atom. The number of nitrogens with one attached hydrogen (secondary N) is 3. The topological polar surface area (TPSA) is 104 Å². The van der Waals surface area contributed by atoms with Gasteiger partial charge in [0.2, 0.25) is 11.8 Å². The molecule has 0 saturated heterocycles. The van der Waals surface area contributed by atoms with Crippen LogP contribution in [0.3, 0.4) is 0 Å². The van der Waals surface area contributed by atoms with Crippen molar-refractivity contribution in [3.8, 4) is 0 Å². The van der Waals surface area contributed by atoms with Gasteiger partial charge < -0.3 is 10.6 Å². The van der Waals surface area contributed by atoms with Crippen LogP contribution in [0.15, 0.2) is 47.4 Å². The van der Waals surface area contributed by atoms with E-state index in [2.05, 4.69) is 15.4 Å². The fourth-order valence-electron chi connectivity index (χ4n) is 2.24. The molecule has 0 unspecified atom stereocenters. The smallest absolute Gasteiger partial charge is 0.261 e. The van der Waals surface area contributed by atoms with Gasteiger partial charge in [0, 0.05) is 24.7 Å². The fourth-order valence-corrected chi connectivity index (χ4v) is 3.37. The second kappa shape index (κ2) is 8.01. The van der Waals surface area contributed by atoms with Gasteiger partial charge in [-0.05, 0) is 48.9 Å². The van der Waals surface area contributed by atoms with E-state index in [4.69, 9.17) is 0 Å². The molecule has 138 valence electrons. The van der Waals surface area contributed by atoms with E-state index in [1.54, 1.807) is 32.0 Å². The van der Waals surface area contributed by atoms with Crippen LogP contribution in [0.25, 0.3) is 0 Å². The maximum Gasteiger partial charge on any atom is 0.261 e. The maximum absolute atomic E-state index is 12.6. The van der Waals surface area contributed by atoms with Crippen LogP contribution in [0.5, 0.6) is 0 Å². The van der Waals surface area contributed by atoms with Crippen LogP contribution in [0, 0.1) is 6.92 Å². The lowest BCUT2D eigenvalue weighted by Crippen LogP contribution is -2.15. The second-order valence-corrected chi connectivity index (χ2v) is 7.37. The lowest BCUT2D eigenvalue weighted by atomic mass is 10.1. The molecule has 0 aromatic heterocycles. The molecule has 0 spiro atoms. The molecule has 0 heterocycles. The highest BCUT2D eigenvalue weighted by Gasteiger charge is 2.16. The summed E-state index contributed by atoms with van der Waals surface area (Å²) in [4.78, 5) is 22.7. The first kappa shape index (κ1) is 19.5. The molecule has 26 heavy (non-hydrogen) atoms. The van der Waals surface area contributed by atoms with Crippen molar-refractivity contribution >= 4 is 38.9 Å². The van der Waals surface area contributed by atoms with Crippen LogP contribution >= 0.6 is 0 Å². The third-order valence-corrected chi connectivity index (χ3v) is 5.04. The molecule has 7 nitrogen and oxygen atoms in total. The molecule has 3 N–H and O–H groups in total. The maximum atomic E-state index is 12.6. The molecule has 0 saturated carbocycles. The summed E-state index contributed by atoms with van der Waals surface area (Å²) < 4.78 is 27.7. The van der Waals surface area contributed by atoms with E-state index in [0.29, 0.717) is 29.0 Å². The van der Waals surface area contributed by atoms with Gasteiger partial charge in [-0.2, -0.15) is 0 Å². The largest absolute Gasteiger partial charge is 0.326 e. The van der Waals surface area contributed by atoms with Gasteiger partial charge in [-0.1, -0.05) is 13.0 Å². The summed E-state index contributed by atoms with van der Waals surface area (Å²) in [6, 6.07) is 10.8. The number of carbonyl (C=O) groups is 2. The first-order valence-electron chi connectivity index (χ1n) is 8.03. The number of hydrogen-bond donors (Lipinski definition) is 3. The molecular weight excluding hydrogens is 354 g/mol. The standard InChI is InChI=1S/C18H21N3O4S/c1-4-18(23)20-16-6-5-7-17(12(16)2)21-26(24,25)15-10-8-14(9-11-15)19-13(3)22/h5-11,21H,4H2,1-3H3,(H,19,22)(H,20,23). The van der Waals surface area contributed by atoms with Crippen LogP contribution in [0.4, 0.5) is 17.1 Å². The van der Waals surface area contributed by atoms with E-state index in [1.807, 2.05) is 0 Å². The third-order valence-electron chi connectivity index (χ3n) is 3.66. The Hall–Kier alpha value is -2.87. The minimum atomic E-state index is -3.81. The second-order valence-electron chi connectivity index (χ2n) is 5.69. The molecule has 0 fully saturated rings. The lowest BCUT2D eigenvalue weighted by Gasteiger charge is -2.14. The van der Waals surface area contributed by atoms with Gasteiger partial charge in [0.05, 0.1) is 10.6 Å². The Bertz CT molecular complexity index is 922. The summed E-state index contributed by atoms with van der Waals surface area (Å²) in [6.45, 7) is 4.84. The number of amides is 2. The van der Waals surface area contributed by atoms with Crippen molar-refractivity contribution < 1.29 is 18.0 Å². The Morgan fingerprint density at radius 3 is 2.15 bits per heavy atom. The average Bonchev–Trinajstić information content (AvgIpc) is 2.58. The molecule has 0 bridgehead atoms. The highest BCUT2D eigenvalue weighted by molar-refractivity contribution is 7.92. The van der Waals surface area contributed by atoms with Gasteiger partial charge in [0.15, 0.2) is 0 Å². The number of hydrogen-bond acceptors (Lipinski definition) is 4. The molecule has 0 aliphatic carbocycles. The predicted octanol–water partition coefficient (Wildman–Crippen LogP) is 3.10. The number of benzene rings is 2.